The van der Waals surface area contributed by atoms with Crippen LogP contribution in [0.4, 0.5) is 17.6 Å². The van der Waals surface area contributed by atoms with Crippen LogP contribution in [0.1, 0.15) is 0 Å². The number of halogens is 1. The predicted octanol–water partition coefficient (Wildman–Crippen LogP) is 1.59. The van der Waals surface area contributed by atoms with Gasteiger partial charge in [-0.2, -0.15) is 33.5 Å². The first-order valence-electron chi connectivity index (χ1n) is 10.2. The number of nitrogens with one attached hydrogen (secondary N) is 1. The van der Waals surface area contributed by atoms with Gasteiger partial charge in [0.1, 0.15) is 0 Å². The molecule has 2 aromatic heterocycles. The fourth-order valence-corrected chi connectivity index (χ4v) is 5.92. The molecule has 8 nitrogen and oxygen atoms in total. The van der Waals surface area contributed by atoms with Crippen LogP contribution in [0.5, 0.6) is 0 Å². The number of anilines is 3. The topological polar surface area (TPSA) is 73.3 Å². The van der Waals surface area contributed by atoms with Gasteiger partial charge in [-0.1, -0.05) is 11.6 Å². The number of piperazine rings is 1. The van der Waals surface area contributed by atoms with E-state index in [0.717, 1.165) is 98.5 Å². The van der Waals surface area contributed by atoms with Gasteiger partial charge in [-0.25, -0.2) is 9.97 Å². The summed E-state index contributed by atoms with van der Waals surface area (Å²) in [6.45, 7) is 7.49. The normalized spacial score (nSPS) is 21.1. The molecule has 3 aliphatic heterocycles. The summed E-state index contributed by atoms with van der Waals surface area (Å²) in [7, 11) is 0. The molecule has 0 bridgehead atoms. The average Bonchev–Trinajstić information content (AvgIpc) is 2.80. The molecular formula is C18H25ClN8S2. The van der Waals surface area contributed by atoms with Gasteiger partial charge in [0.2, 0.25) is 5.95 Å². The van der Waals surface area contributed by atoms with Gasteiger partial charge in [0.25, 0.3) is 0 Å². The third-order valence-electron chi connectivity index (χ3n) is 5.46. The minimum Gasteiger partial charge on any atom is -0.353 e. The molecule has 0 unspecified atom stereocenters. The standard InChI is InChI=1S/C18H25ClN8S2/c19-14-17(26-7-11-29-12-8-26)22-15-13(21-14)16(25-5-9-28-10-6-25)24-18(23-15)27-3-1-20-2-4-27/h20H,1-12H2. The Labute approximate surface area is 184 Å². The van der Waals surface area contributed by atoms with E-state index in [9.17, 15) is 0 Å². The van der Waals surface area contributed by atoms with Crippen LogP contribution < -0.4 is 20.0 Å². The van der Waals surface area contributed by atoms with Crippen molar-refractivity contribution in [2.75, 3.05) is 90.1 Å². The molecule has 29 heavy (non-hydrogen) atoms. The van der Waals surface area contributed by atoms with Crippen molar-refractivity contribution in [3.05, 3.63) is 5.15 Å². The molecule has 3 fully saturated rings. The van der Waals surface area contributed by atoms with Gasteiger partial charge in [0, 0.05) is 75.4 Å². The van der Waals surface area contributed by atoms with Crippen molar-refractivity contribution >= 4 is 63.9 Å². The molecule has 1 N–H and O–H groups in total. The van der Waals surface area contributed by atoms with Crippen molar-refractivity contribution in [1.29, 1.82) is 0 Å². The monoisotopic (exact) mass is 452 g/mol. The van der Waals surface area contributed by atoms with Crippen LogP contribution in [0.3, 0.4) is 0 Å². The largest absolute Gasteiger partial charge is 0.353 e. The van der Waals surface area contributed by atoms with Crippen LogP contribution in [-0.2, 0) is 0 Å². The SMILES string of the molecule is Clc1nc2c(N3CCSCC3)nc(N3CCNCC3)nc2nc1N1CCSCC1. The maximum atomic E-state index is 6.62. The molecule has 3 aliphatic rings. The summed E-state index contributed by atoms with van der Waals surface area (Å²) in [6.07, 6.45) is 0. The number of aromatic nitrogens is 4. The molecule has 0 atom stereocenters. The number of fused-ring (bicyclic) bond motifs is 1. The minimum absolute atomic E-state index is 0.454. The van der Waals surface area contributed by atoms with Gasteiger partial charge in [-0.15, -0.1) is 0 Å². The third kappa shape index (κ3) is 4.17. The Hall–Kier alpha value is -1.23. The van der Waals surface area contributed by atoms with Crippen LogP contribution in [-0.4, -0.2) is 95.3 Å². The van der Waals surface area contributed by atoms with Crippen molar-refractivity contribution in [3.8, 4) is 0 Å². The van der Waals surface area contributed by atoms with Gasteiger partial charge in [-0.3, -0.25) is 0 Å². The lowest BCUT2D eigenvalue weighted by atomic mass is 10.3. The number of hydrogen-bond donors (Lipinski definition) is 1. The first kappa shape index (κ1) is 19.7. The first-order valence-corrected chi connectivity index (χ1v) is 12.8. The van der Waals surface area contributed by atoms with Crippen molar-refractivity contribution < 1.29 is 0 Å². The zero-order valence-electron chi connectivity index (χ0n) is 16.3. The Morgan fingerprint density at radius 1 is 0.690 bits per heavy atom. The van der Waals surface area contributed by atoms with Crippen LogP contribution >= 0.6 is 35.1 Å². The second-order valence-corrected chi connectivity index (χ2v) is 10.1. The molecule has 0 saturated carbocycles. The molecule has 11 heteroatoms. The minimum atomic E-state index is 0.454. The molecule has 0 aliphatic carbocycles. The van der Waals surface area contributed by atoms with E-state index in [4.69, 9.17) is 31.5 Å². The summed E-state index contributed by atoms with van der Waals surface area (Å²) in [6, 6.07) is 0. The highest BCUT2D eigenvalue weighted by Gasteiger charge is 2.25. The number of rotatable bonds is 3. The lowest BCUT2D eigenvalue weighted by Crippen LogP contribution is -2.44. The fraction of sp³-hybridized carbons (Fsp3) is 0.667. The van der Waals surface area contributed by atoms with E-state index in [0.29, 0.717) is 10.8 Å². The Morgan fingerprint density at radius 2 is 1.31 bits per heavy atom. The summed E-state index contributed by atoms with van der Waals surface area (Å²) < 4.78 is 0. The van der Waals surface area contributed by atoms with Crippen molar-refractivity contribution in [2.24, 2.45) is 0 Å². The van der Waals surface area contributed by atoms with E-state index in [1.54, 1.807) is 0 Å². The maximum Gasteiger partial charge on any atom is 0.229 e. The molecular weight excluding hydrogens is 428 g/mol. The van der Waals surface area contributed by atoms with Crippen molar-refractivity contribution in [1.82, 2.24) is 25.3 Å². The predicted molar refractivity (Wildman–Crippen MR) is 124 cm³/mol. The number of nitrogens with zero attached hydrogens (tertiary/aromatic N) is 7. The van der Waals surface area contributed by atoms with E-state index < -0.39 is 0 Å². The molecule has 3 saturated heterocycles. The van der Waals surface area contributed by atoms with Crippen molar-refractivity contribution in [3.63, 3.8) is 0 Å². The Bertz CT molecular complexity index is 867. The molecule has 0 radical (unpaired) electrons. The molecule has 156 valence electrons. The Kier molecular flexibility index (Phi) is 6.03. The van der Waals surface area contributed by atoms with E-state index in [1.165, 1.54) is 0 Å². The average molecular weight is 453 g/mol. The Balaban J connectivity index is 1.60. The summed E-state index contributed by atoms with van der Waals surface area (Å²) >= 11 is 10.6. The zero-order chi connectivity index (χ0) is 19.6. The van der Waals surface area contributed by atoms with Crippen LogP contribution in [0.15, 0.2) is 0 Å². The summed E-state index contributed by atoms with van der Waals surface area (Å²) in [5.41, 5.74) is 1.37. The van der Waals surface area contributed by atoms with E-state index >= 15 is 0 Å². The molecule has 5 rings (SSSR count). The number of hydrogen-bond acceptors (Lipinski definition) is 10. The van der Waals surface area contributed by atoms with E-state index in [-0.39, 0.29) is 0 Å². The molecule has 0 aromatic carbocycles. The van der Waals surface area contributed by atoms with E-state index in [2.05, 4.69) is 20.0 Å². The van der Waals surface area contributed by atoms with Gasteiger partial charge in [0.15, 0.2) is 28.0 Å². The highest BCUT2D eigenvalue weighted by molar-refractivity contribution is 7.99. The van der Waals surface area contributed by atoms with Gasteiger partial charge >= 0.3 is 0 Å². The van der Waals surface area contributed by atoms with Crippen LogP contribution in [0.25, 0.3) is 11.2 Å². The smallest absolute Gasteiger partial charge is 0.229 e. The van der Waals surface area contributed by atoms with Crippen LogP contribution in [0.2, 0.25) is 5.15 Å². The molecule has 0 amide bonds. The summed E-state index contributed by atoms with van der Waals surface area (Å²) in [5, 5.41) is 3.85. The molecule has 0 spiro atoms. The van der Waals surface area contributed by atoms with Crippen molar-refractivity contribution in [2.45, 2.75) is 0 Å². The summed E-state index contributed by atoms with van der Waals surface area (Å²) in [5.74, 6) is 6.75. The van der Waals surface area contributed by atoms with Gasteiger partial charge in [-0.05, 0) is 0 Å². The Morgan fingerprint density at radius 3 is 1.97 bits per heavy atom. The second-order valence-electron chi connectivity index (χ2n) is 7.29. The first-order chi connectivity index (χ1) is 14.3. The van der Waals surface area contributed by atoms with E-state index in [1.807, 2.05) is 23.5 Å². The fourth-order valence-electron chi connectivity index (χ4n) is 3.87. The maximum absolute atomic E-state index is 6.62. The molecule has 2 aromatic rings. The number of thioether (sulfide) groups is 2. The highest BCUT2D eigenvalue weighted by Crippen LogP contribution is 2.32. The zero-order valence-corrected chi connectivity index (χ0v) is 18.7. The third-order valence-corrected chi connectivity index (χ3v) is 7.60. The van der Waals surface area contributed by atoms with Crippen LogP contribution in [0, 0.1) is 0 Å². The van der Waals surface area contributed by atoms with Gasteiger partial charge < -0.3 is 20.0 Å². The quantitative estimate of drug-likeness (QED) is 0.741. The van der Waals surface area contributed by atoms with Gasteiger partial charge in [0.05, 0.1) is 0 Å². The lowest BCUT2D eigenvalue weighted by Gasteiger charge is -2.31. The molecule has 5 heterocycles. The second kappa shape index (κ2) is 8.87. The highest BCUT2D eigenvalue weighted by atomic mass is 35.5. The lowest BCUT2D eigenvalue weighted by molar-refractivity contribution is 0.580. The summed E-state index contributed by atoms with van der Waals surface area (Å²) in [4.78, 5) is 26.3.